The van der Waals surface area contributed by atoms with Gasteiger partial charge in [0.05, 0.1) is 18.4 Å². The summed E-state index contributed by atoms with van der Waals surface area (Å²) >= 11 is 0. The number of urea groups is 1. The Morgan fingerprint density at radius 1 is 1.27 bits per heavy atom. The maximum absolute atomic E-state index is 12.6. The first-order valence-corrected chi connectivity index (χ1v) is 8.75. The number of hydrogen-bond donors (Lipinski definition) is 1. The number of nitrogens with zero attached hydrogens (tertiary/aromatic N) is 2. The van der Waals surface area contributed by atoms with E-state index in [1.165, 1.54) is 0 Å². The molecule has 0 spiro atoms. The quantitative estimate of drug-likeness (QED) is 0.913. The normalized spacial score (nSPS) is 18.6. The van der Waals surface area contributed by atoms with E-state index >= 15 is 0 Å². The molecule has 1 unspecified atom stereocenters. The Balaban J connectivity index is 1.31. The fourth-order valence-electron chi connectivity index (χ4n) is 3.12. The predicted molar refractivity (Wildman–Crippen MR) is 95.2 cm³/mol. The predicted octanol–water partition coefficient (Wildman–Crippen LogP) is 3.02. The summed E-state index contributed by atoms with van der Waals surface area (Å²) < 4.78 is 16.6. The van der Waals surface area contributed by atoms with E-state index in [2.05, 4.69) is 10.3 Å². The van der Waals surface area contributed by atoms with Crippen LogP contribution >= 0.6 is 0 Å². The third kappa shape index (κ3) is 3.88. The summed E-state index contributed by atoms with van der Waals surface area (Å²) in [6, 6.07) is 11.0. The molecule has 136 valence electrons. The Bertz CT molecular complexity index is 769. The molecule has 0 radical (unpaired) electrons. The lowest BCUT2D eigenvalue weighted by atomic mass is 10.1. The number of carbonyl (C=O) groups is 1. The molecule has 1 fully saturated rings. The summed E-state index contributed by atoms with van der Waals surface area (Å²) in [6.07, 6.45) is 3.64. The van der Waals surface area contributed by atoms with Gasteiger partial charge in [0.15, 0.2) is 11.5 Å². The lowest BCUT2D eigenvalue weighted by Crippen LogP contribution is -2.45. The number of benzene rings is 1. The van der Waals surface area contributed by atoms with Crippen molar-refractivity contribution < 1.29 is 19.0 Å². The van der Waals surface area contributed by atoms with Crippen LogP contribution in [0.1, 0.15) is 18.5 Å². The fourth-order valence-corrected chi connectivity index (χ4v) is 3.12. The van der Waals surface area contributed by atoms with Crippen molar-refractivity contribution in [3.8, 4) is 11.5 Å². The molecule has 1 aromatic heterocycles. The van der Waals surface area contributed by atoms with Crippen LogP contribution in [0.25, 0.3) is 0 Å². The van der Waals surface area contributed by atoms with Crippen molar-refractivity contribution in [1.29, 1.82) is 0 Å². The fraction of sp³-hybridized carbons (Fsp3) is 0.368. The zero-order chi connectivity index (χ0) is 17.8. The average Bonchev–Trinajstić information content (AvgIpc) is 3.15. The van der Waals surface area contributed by atoms with Gasteiger partial charge in [0.2, 0.25) is 6.79 Å². The van der Waals surface area contributed by atoms with Crippen molar-refractivity contribution in [2.24, 2.45) is 0 Å². The molecule has 2 aliphatic rings. The van der Waals surface area contributed by atoms with Crippen molar-refractivity contribution >= 4 is 11.7 Å². The van der Waals surface area contributed by atoms with E-state index in [9.17, 15) is 4.79 Å². The molecule has 0 saturated carbocycles. The maximum Gasteiger partial charge on any atom is 0.321 e. The minimum atomic E-state index is -0.130. The van der Waals surface area contributed by atoms with Crippen LogP contribution in [0.2, 0.25) is 0 Å². The summed E-state index contributed by atoms with van der Waals surface area (Å²) in [7, 11) is 0. The van der Waals surface area contributed by atoms with Crippen LogP contribution < -0.4 is 14.8 Å². The van der Waals surface area contributed by atoms with Crippen LogP contribution in [0.3, 0.4) is 0 Å². The molecule has 7 nitrogen and oxygen atoms in total. The number of nitrogens with one attached hydrogen (secondary N) is 1. The third-order valence-corrected chi connectivity index (χ3v) is 4.48. The Kier molecular flexibility index (Phi) is 4.88. The van der Waals surface area contributed by atoms with Crippen LogP contribution in [0.15, 0.2) is 42.6 Å². The molecule has 2 aliphatic heterocycles. The van der Waals surface area contributed by atoms with Gasteiger partial charge in [-0.3, -0.25) is 4.98 Å². The minimum absolute atomic E-state index is 0.0215. The van der Waals surface area contributed by atoms with E-state index in [1.54, 1.807) is 23.2 Å². The highest BCUT2D eigenvalue weighted by atomic mass is 16.7. The Hall–Kier alpha value is -2.80. The number of hydrogen-bond acceptors (Lipinski definition) is 5. The summed E-state index contributed by atoms with van der Waals surface area (Å²) in [6.45, 7) is 1.97. The highest BCUT2D eigenvalue weighted by molar-refractivity contribution is 5.89. The first kappa shape index (κ1) is 16.7. The minimum Gasteiger partial charge on any atom is -0.454 e. The Morgan fingerprint density at radius 3 is 3.08 bits per heavy atom. The first-order chi connectivity index (χ1) is 12.8. The number of pyridine rings is 1. The van der Waals surface area contributed by atoms with Crippen molar-refractivity contribution in [2.45, 2.75) is 25.6 Å². The molecule has 2 aromatic rings. The largest absolute Gasteiger partial charge is 0.454 e. The van der Waals surface area contributed by atoms with Crippen LogP contribution in [0.5, 0.6) is 11.5 Å². The molecular weight excluding hydrogens is 334 g/mol. The van der Waals surface area contributed by atoms with Crippen molar-refractivity contribution in [3.63, 3.8) is 0 Å². The number of piperidine rings is 1. The summed E-state index contributed by atoms with van der Waals surface area (Å²) in [5.74, 6) is 1.35. The van der Waals surface area contributed by atoms with Crippen LogP contribution in [0, 0.1) is 0 Å². The van der Waals surface area contributed by atoms with E-state index in [0.717, 1.165) is 25.1 Å². The molecule has 2 amide bonds. The molecule has 1 atom stereocenters. The Labute approximate surface area is 151 Å². The number of likely N-dealkylation sites (tertiary alicyclic amines) is 1. The molecule has 1 N–H and O–H groups in total. The number of ether oxygens (including phenoxy) is 3. The lowest BCUT2D eigenvalue weighted by Gasteiger charge is -2.32. The number of rotatable bonds is 4. The van der Waals surface area contributed by atoms with Gasteiger partial charge in [-0.05, 0) is 37.1 Å². The van der Waals surface area contributed by atoms with Gasteiger partial charge in [-0.15, -0.1) is 0 Å². The summed E-state index contributed by atoms with van der Waals surface area (Å²) in [5, 5.41) is 2.92. The summed E-state index contributed by atoms with van der Waals surface area (Å²) in [4.78, 5) is 18.6. The molecule has 0 aliphatic carbocycles. The van der Waals surface area contributed by atoms with Gasteiger partial charge in [0, 0.05) is 31.0 Å². The maximum atomic E-state index is 12.6. The van der Waals surface area contributed by atoms with E-state index in [1.807, 2.05) is 24.3 Å². The molecular formula is C19H21N3O4. The van der Waals surface area contributed by atoms with Gasteiger partial charge in [-0.2, -0.15) is 0 Å². The van der Waals surface area contributed by atoms with Crippen molar-refractivity contribution in [1.82, 2.24) is 9.88 Å². The van der Waals surface area contributed by atoms with E-state index in [0.29, 0.717) is 30.3 Å². The second-order valence-corrected chi connectivity index (χ2v) is 6.34. The van der Waals surface area contributed by atoms with Crippen LogP contribution in [0.4, 0.5) is 10.5 Å². The molecule has 26 heavy (non-hydrogen) atoms. The highest BCUT2D eigenvalue weighted by Crippen LogP contribution is 2.34. The van der Waals surface area contributed by atoms with Gasteiger partial charge in [0.25, 0.3) is 0 Å². The van der Waals surface area contributed by atoms with E-state index < -0.39 is 0 Å². The van der Waals surface area contributed by atoms with Gasteiger partial charge < -0.3 is 24.4 Å². The molecule has 1 saturated heterocycles. The zero-order valence-corrected chi connectivity index (χ0v) is 14.4. The standard InChI is InChI=1S/C19H21N3O4/c23-19(21-14-6-7-17-18(10-14)26-13-25-17)22-9-3-5-16(11-22)24-12-15-4-1-2-8-20-15/h1-2,4,6-8,10,16H,3,5,9,11-13H2,(H,21,23). The smallest absolute Gasteiger partial charge is 0.321 e. The van der Waals surface area contributed by atoms with Crippen molar-refractivity contribution in [2.75, 3.05) is 25.2 Å². The topological polar surface area (TPSA) is 72.9 Å². The zero-order valence-electron chi connectivity index (χ0n) is 14.4. The molecule has 3 heterocycles. The summed E-state index contributed by atoms with van der Waals surface area (Å²) in [5.41, 5.74) is 1.59. The third-order valence-electron chi connectivity index (χ3n) is 4.48. The molecule has 0 bridgehead atoms. The highest BCUT2D eigenvalue weighted by Gasteiger charge is 2.25. The monoisotopic (exact) mass is 355 g/mol. The van der Waals surface area contributed by atoms with E-state index in [-0.39, 0.29) is 18.9 Å². The average molecular weight is 355 g/mol. The van der Waals surface area contributed by atoms with Crippen LogP contribution in [-0.2, 0) is 11.3 Å². The molecule has 4 rings (SSSR count). The number of anilines is 1. The van der Waals surface area contributed by atoms with E-state index in [4.69, 9.17) is 14.2 Å². The van der Waals surface area contributed by atoms with Gasteiger partial charge in [0.1, 0.15) is 0 Å². The number of aromatic nitrogens is 1. The number of amides is 2. The SMILES string of the molecule is O=C(Nc1ccc2c(c1)OCO2)N1CCCC(OCc2ccccn2)C1. The lowest BCUT2D eigenvalue weighted by molar-refractivity contribution is -0.000325. The molecule has 7 heteroatoms. The second kappa shape index (κ2) is 7.61. The molecule has 1 aromatic carbocycles. The van der Waals surface area contributed by atoms with Crippen molar-refractivity contribution in [3.05, 3.63) is 48.3 Å². The number of carbonyl (C=O) groups excluding carboxylic acids is 1. The van der Waals surface area contributed by atoms with Crippen LogP contribution in [-0.4, -0.2) is 41.9 Å². The second-order valence-electron chi connectivity index (χ2n) is 6.34. The number of fused-ring (bicyclic) bond motifs is 1. The Morgan fingerprint density at radius 2 is 2.19 bits per heavy atom. The van der Waals surface area contributed by atoms with Gasteiger partial charge >= 0.3 is 6.03 Å². The van der Waals surface area contributed by atoms with Gasteiger partial charge in [-0.25, -0.2) is 4.79 Å². The van der Waals surface area contributed by atoms with Gasteiger partial charge in [-0.1, -0.05) is 6.07 Å². The first-order valence-electron chi connectivity index (χ1n) is 8.75.